The Bertz CT molecular complexity index is 1190. The minimum atomic E-state index is -0.802. The van der Waals surface area contributed by atoms with Gasteiger partial charge in [0.1, 0.15) is 11.6 Å². The maximum atomic E-state index is 13.0. The minimum absolute atomic E-state index is 0.290. The van der Waals surface area contributed by atoms with Crippen LogP contribution in [0.15, 0.2) is 77.3 Å². The molecule has 1 heterocycles. The van der Waals surface area contributed by atoms with E-state index in [1.807, 2.05) is 37.3 Å². The number of amides is 1. The molecule has 0 saturated carbocycles. The van der Waals surface area contributed by atoms with Gasteiger partial charge in [-0.3, -0.25) is 4.79 Å². The van der Waals surface area contributed by atoms with E-state index in [1.54, 1.807) is 25.1 Å². The molecule has 0 fully saturated rings. The zero-order valence-electron chi connectivity index (χ0n) is 17.0. The van der Waals surface area contributed by atoms with Crippen molar-refractivity contribution in [2.24, 2.45) is 0 Å². The molecule has 156 valence electrons. The third-order valence-corrected chi connectivity index (χ3v) is 4.65. The molecule has 4 rings (SSSR count). The number of hydrogen-bond acceptors (Lipinski definition) is 5. The van der Waals surface area contributed by atoms with Crippen LogP contribution in [0.4, 0.5) is 10.1 Å². The Balaban J connectivity index is 1.51. The minimum Gasteiger partial charge on any atom is -0.481 e. The second-order valence-corrected chi connectivity index (χ2v) is 7.04. The summed E-state index contributed by atoms with van der Waals surface area (Å²) in [5.74, 6) is 0.415. The lowest BCUT2D eigenvalue weighted by Crippen LogP contribution is -2.30. The first-order valence-corrected chi connectivity index (χ1v) is 9.73. The van der Waals surface area contributed by atoms with E-state index in [9.17, 15) is 9.18 Å². The van der Waals surface area contributed by atoms with Gasteiger partial charge in [0, 0.05) is 5.56 Å². The summed E-state index contributed by atoms with van der Waals surface area (Å²) in [6, 6.07) is 20.4. The van der Waals surface area contributed by atoms with Gasteiger partial charge in [-0.15, -0.1) is 0 Å². The van der Waals surface area contributed by atoms with E-state index in [0.717, 1.165) is 11.1 Å². The highest BCUT2D eigenvalue weighted by atomic mass is 19.1. The fourth-order valence-corrected chi connectivity index (χ4v) is 2.94. The number of halogens is 1. The number of aromatic nitrogens is 2. The fraction of sp³-hybridized carbons (Fsp3) is 0.125. The smallest absolute Gasteiger partial charge is 0.265 e. The third-order valence-electron chi connectivity index (χ3n) is 4.65. The predicted octanol–water partition coefficient (Wildman–Crippen LogP) is 5.26. The summed E-state index contributed by atoms with van der Waals surface area (Å²) in [4.78, 5) is 17.1. The van der Waals surface area contributed by atoms with Crippen LogP contribution in [-0.4, -0.2) is 22.2 Å². The van der Waals surface area contributed by atoms with Crippen LogP contribution in [0.3, 0.4) is 0 Å². The number of anilines is 1. The summed E-state index contributed by atoms with van der Waals surface area (Å²) in [6.07, 6.45) is -0.802. The van der Waals surface area contributed by atoms with Gasteiger partial charge >= 0.3 is 0 Å². The number of nitrogens with zero attached hydrogens (tertiary/aromatic N) is 2. The Labute approximate surface area is 178 Å². The first-order valence-electron chi connectivity index (χ1n) is 9.73. The Morgan fingerprint density at radius 1 is 1.03 bits per heavy atom. The molecule has 1 aromatic heterocycles. The van der Waals surface area contributed by atoms with Gasteiger partial charge in [0.05, 0.1) is 11.3 Å². The molecule has 0 aliphatic carbocycles. The molecule has 0 spiro atoms. The topological polar surface area (TPSA) is 77.2 Å². The van der Waals surface area contributed by atoms with Gasteiger partial charge in [-0.2, -0.15) is 4.98 Å². The van der Waals surface area contributed by atoms with Crippen molar-refractivity contribution in [2.45, 2.75) is 20.0 Å². The SMILES string of the molecule is Cc1ccc(-c2noc(-c3ccccc3NC(=O)[C@H](C)Oc3ccc(F)cc3)n2)cc1. The molecule has 4 aromatic rings. The second kappa shape index (κ2) is 8.79. The molecule has 0 saturated heterocycles. The Hall–Kier alpha value is -4.00. The number of nitrogens with one attached hydrogen (secondary N) is 1. The zero-order valence-corrected chi connectivity index (χ0v) is 17.0. The van der Waals surface area contributed by atoms with Crippen LogP contribution in [0.1, 0.15) is 12.5 Å². The molecular weight excluding hydrogens is 397 g/mol. The number of carbonyl (C=O) groups is 1. The second-order valence-electron chi connectivity index (χ2n) is 7.04. The molecule has 31 heavy (non-hydrogen) atoms. The molecule has 0 aliphatic rings. The van der Waals surface area contributed by atoms with E-state index in [-0.39, 0.29) is 11.7 Å². The standard InChI is InChI=1S/C24H20FN3O3/c1-15-7-9-17(10-8-15)22-27-24(31-28-22)20-5-3-4-6-21(20)26-23(29)16(2)30-19-13-11-18(25)12-14-19/h3-14,16H,1-2H3,(H,26,29)/t16-/m0/s1. The Kier molecular flexibility index (Phi) is 5.75. The molecule has 1 atom stereocenters. The summed E-state index contributed by atoms with van der Waals surface area (Å²) >= 11 is 0. The molecule has 3 aromatic carbocycles. The van der Waals surface area contributed by atoms with Gasteiger partial charge in [-0.25, -0.2) is 4.39 Å². The summed E-state index contributed by atoms with van der Waals surface area (Å²) in [5, 5.41) is 6.89. The summed E-state index contributed by atoms with van der Waals surface area (Å²) in [6.45, 7) is 3.62. The highest BCUT2D eigenvalue weighted by molar-refractivity contribution is 5.97. The molecule has 0 aliphatic heterocycles. The third kappa shape index (κ3) is 4.78. The Morgan fingerprint density at radius 2 is 1.74 bits per heavy atom. The van der Waals surface area contributed by atoms with E-state index in [1.165, 1.54) is 24.3 Å². The predicted molar refractivity (Wildman–Crippen MR) is 115 cm³/mol. The van der Waals surface area contributed by atoms with Crippen LogP contribution in [0, 0.1) is 12.7 Å². The molecular formula is C24H20FN3O3. The summed E-state index contributed by atoms with van der Waals surface area (Å²) < 4.78 is 24.1. The first-order chi connectivity index (χ1) is 15.0. The highest BCUT2D eigenvalue weighted by Gasteiger charge is 2.19. The lowest BCUT2D eigenvalue weighted by Gasteiger charge is -2.15. The number of rotatable bonds is 6. The van der Waals surface area contributed by atoms with Gasteiger partial charge in [-0.1, -0.05) is 47.1 Å². The van der Waals surface area contributed by atoms with Crippen LogP contribution in [0.25, 0.3) is 22.8 Å². The van der Waals surface area contributed by atoms with Gasteiger partial charge in [-0.05, 0) is 50.2 Å². The van der Waals surface area contributed by atoms with Crippen molar-refractivity contribution in [1.82, 2.24) is 10.1 Å². The van der Waals surface area contributed by atoms with Crippen LogP contribution >= 0.6 is 0 Å². The van der Waals surface area contributed by atoms with Gasteiger partial charge < -0.3 is 14.6 Å². The molecule has 0 radical (unpaired) electrons. The number of ether oxygens (including phenoxy) is 1. The van der Waals surface area contributed by atoms with Crippen molar-refractivity contribution in [3.63, 3.8) is 0 Å². The lowest BCUT2D eigenvalue weighted by molar-refractivity contribution is -0.122. The van der Waals surface area contributed by atoms with Gasteiger partial charge in [0.2, 0.25) is 5.82 Å². The monoisotopic (exact) mass is 417 g/mol. The van der Waals surface area contributed by atoms with Crippen molar-refractivity contribution in [1.29, 1.82) is 0 Å². The molecule has 1 N–H and O–H groups in total. The zero-order chi connectivity index (χ0) is 21.8. The number of benzene rings is 3. The average molecular weight is 417 g/mol. The van der Waals surface area contributed by atoms with E-state index in [0.29, 0.717) is 28.7 Å². The molecule has 6 nitrogen and oxygen atoms in total. The van der Waals surface area contributed by atoms with Gasteiger partial charge in [0.25, 0.3) is 11.8 Å². The van der Waals surface area contributed by atoms with Crippen LogP contribution in [-0.2, 0) is 4.79 Å². The van der Waals surface area contributed by atoms with Crippen LogP contribution in [0.2, 0.25) is 0 Å². The number of carbonyl (C=O) groups excluding carboxylic acids is 1. The van der Waals surface area contributed by atoms with E-state index < -0.39 is 6.10 Å². The first kappa shape index (κ1) is 20.3. The Morgan fingerprint density at radius 3 is 2.48 bits per heavy atom. The van der Waals surface area contributed by atoms with Crippen molar-refractivity contribution < 1.29 is 18.4 Å². The van der Waals surface area contributed by atoms with Crippen molar-refractivity contribution >= 4 is 11.6 Å². The van der Waals surface area contributed by atoms with Crippen molar-refractivity contribution in [3.8, 4) is 28.6 Å². The van der Waals surface area contributed by atoms with E-state index >= 15 is 0 Å². The highest BCUT2D eigenvalue weighted by Crippen LogP contribution is 2.29. The number of hydrogen-bond donors (Lipinski definition) is 1. The molecule has 0 unspecified atom stereocenters. The fourth-order valence-electron chi connectivity index (χ4n) is 2.94. The van der Waals surface area contributed by atoms with Crippen molar-refractivity contribution in [2.75, 3.05) is 5.32 Å². The van der Waals surface area contributed by atoms with E-state index in [2.05, 4.69) is 15.5 Å². The van der Waals surface area contributed by atoms with Crippen LogP contribution < -0.4 is 10.1 Å². The number of para-hydroxylation sites is 1. The average Bonchev–Trinajstić information content (AvgIpc) is 3.26. The molecule has 1 amide bonds. The normalized spacial score (nSPS) is 11.7. The molecule has 7 heteroatoms. The quantitative estimate of drug-likeness (QED) is 0.463. The largest absolute Gasteiger partial charge is 0.481 e. The lowest BCUT2D eigenvalue weighted by atomic mass is 10.1. The summed E-state index contributed by atoms with van der Waals surface area (Å²) in [5.41, 5.74) is 3.08. The maximum absolute atomic E-state index is 13.0. The molecule has 0 bridgehead atoms. The summed E-state index contributed by atoms with van der Waals surface area (Å²) in [7, 11) is 0. The van der Waals surface area contributed by atoms with Crippen molar-refractivity contribution in [3.05, 3.63) is 84.2 Å². The van der Waals surface area contributed by atoms with Crippen LogP contribution in [0.5, 0.6) is 5.75 Å². The van der Waals surface area contributed by atoms with Gasteiger partial charge in [0.15, 0.2) is 6.10 Å². The van der Waals surface area contributed by atoms with E-state index in [4.69, 9.17) is 9.26 Å². The number of aryl methyl sites for hydroxylation is 1. The maximum Gasteiger partial charge on any atom is 0.265 e.